The Balaban J connectivity index is 1.19. The Labute approximate surface area is 203 Å². The molecule has 0 N–H and O–H groups in total. The van der Waals surface area contributed by atoms with Crippen LogP contribution in [0.25, 0.3) is 17.2 Å². The van der Waals surface area contributed by atoms with Gasteiger partial charge in [-0.05, 0) is 30.5 Å². The number of piperazine rings is 1. The van der Waals surface area contributed by atoms with E-state index >= 15 is 0 Å². The smallest absolute Gasteiger partial charge is 0.359 e. The van der Waals surface area contributed by atoms with E-state index in [4.69, 9.17) is 13.6 Å². The lowest BCUT2D eigenvalue weighted by Gasteiger charge is -2.34. The van der Waals surface area contributed by atoms with Crippen LogP contribution in [0.1, 0.15) is 16.2 Å². The summed E-state index contributed by atoms with van der Waals surface area (Å²) in [6, 6.07) is 10.9. The average Bonchev–Trinajstić information content (AvgIpc) is 3.65. The van der Waals surface area contributed by atoms with Gasteiger partial charge < -0.3 is 23.4 Å². The van der Waals surface area contributed by atoms with Crippen molar-refractivity contribution in [3.8, 4) is 17.7 Å². The SMILES string of the molecule is CSc1nc(C(=O)OCC(=O)N2CCN(c3oc(-c4ccco4)nc3C#N)CC2)c2ccccn12. The zero-order valence-electron chi connectivity index (χ0n) is 18.7. The van der Waals surface area contributed by atoms with Crippen molar-refractivity contribution in [1.29, 1.82) is 5.26 Å². The molecule has 4 aromatic heterocycles. The molecular formula is C23H20N6O5S. The summed E-state index contributed by atoms with van der Waals surface area (Å²) in [6.07, 6.45) is 5.19. The molecule has 0 atom stereocenters. The second kappa shape index (κ2) is 9.55. The van der Waals surface area contributed by atoms with E-state index in [1.54, 1.807) is 27.5 Å². The van der Waals surface area contributed by atoms with Crippen molar-refractivity contribution in [1.82, 2.24) is 19.3 Å². The number of hydrogen-bond donors (Lipinski definition) is 0. The van der Waals surface area contributed by atoms with Crippen molar-refractivity contribution in [2.24, 2.45) is 0 Å². The third kappa shape index (κ3) is 4.33. The lowest BCUT2D eigenvalue weighted by Crippen LogP contribution is -2.50. The van der Waals surface area contributed by atoms with Gasteiger partial charge in [0.25, 0.3) is 11.8 Å². The quantitative estimate of drug-likeness (QED) is 0.292. The number of aromatic nitrogens is 3. The number of thioether (sulfide) groups is 1. The molecule has 1 amide bonds. The zero-order valence-corrected chi connectivity index (χ0v) is 19.5. The van der Waals surface area contributed by atoms with E-state index in [0.29, 0.717) is 48.5 Å². The number of nitrogens with zero attached hydrogens (tertiary/aromatic N) is 6. The molecule has 1 fully saturated rings. The Bertz CT molecular complexity index is 1410. The maximum Gasteiger partial charge on any atom is 0.359 e. The van der Waals surface area contributed by atoms with E-state index < -0.39 is 5.97 Å². The Hall–Kier alpha value is -4.24. The van der Waals surface area contributed by atoms with Gasteiger partial charge in [-0.15, -0.1) is 0 Å². The van der Waals surface area contributed by atoms with Crippen LogP contribution in [0.4, 0.5) is 5.88 Å². The number of imidazole rings is 1. The minimum absolute atomic E-state index is 0.155. The Morgan fingerprint density at radius 3 is 2.71 bits per heavy atom. The number of pyridine rings is 1. The summed E-state index contributed by atoms with van der Waals surface area (Å²) >= 11 is 1.41. The zero-order chi connectivity index (χ0) is 24.4. The molecule has 1 saturated heterocycles. The molecule has 12 heteroatoms. The Morgan fingerprint density at radius 1 is 1.17 bits per heavy atom. The van der Waals surface area contributed by atoms with Gasteiger partial charge >= 0.3 is 5.97 Å². The molecule has 1 aliphatic rings. The molecule has 0 aliphatic carbocycles. The van der Waals surface area contributed by atoms with Crippen molar-refractivity contribution in [2.45, 2.75) is 5.16 Å². The number of nitriles is 1. The Morgan fingerprint density at radius 2 is 2.00 bits per heavy atom. The topological polar surface area (TPSA) is 130 Å². The molecule has 4 aromatic rings. The van der Waals surface area contributed by atoms with Crippen LogP contribution in [0.3, 0.4) is 0 Å². The number of rotatable bonds is 6. The number of carbonyl (C=O) groups excluding carboxylic acids is 2. The van der Waals surface area contributed by atoms with Crippen LogP contribution in [0.15, 0.2) is 56.8 Å². The van der Waals surface area contributed by atoms with Crippen molar-refractivity contribution >= 4 is 35.0 Å². The number of esters is 1. The standard InChI is InChI=1S/C23H20N6O5S/c1-35-23-26-19(16-5-2-3-7-29(16)23)22(31)33-14-18(30)27-8-10-28(11-9-27)21-15(13-24)25-20(34-21)17-6-4-12-32-17/h2-7,12H,8-11,14H2,1H3. The molecule has 11 nitrogen and oxygen atoms in total. The van der Waals surface area contributed by atoms with Crippen LogP contribution in [0, 0.1) is 11.3 Å². The van der Waals surface area contributed by atoms with E-state index in [1.807, 2.05) is 35.6 Å². The van der Waals surface area contributed by atoms with Crippen molar-refractivity contribution in [3.05, 3.63) is 54.2 Å². The molecule has 5 rings (SSSR count). The van der Waals surface area contributed by atoms with Gasteiger partial charge in [0.2, 0.25) is 11.6 Å². The lowest BCUT2D eigenvalue weighted by molar-refractivity contribution is -0.134. The fourth-order valence-corrected chi connectivity index (χ4v) is 4.39. The number of carbonyl (C=O) groups is 2. The van der Waals surface area contributed by atoms with Crippen LogP contribution < -0.4 is 4.90 Å². The molecule has 1 aliphatic heterocycles. The summed E-state index contributed by atoms with van der Waals surface area (Å²) in [4.78, 5) is 37.3. The van der Waals surface area contributed by atoms with Crippen molar-refractivity contribution in [3.63, 3.8) is 0 Å². The summed E-state index contributed by atoms with van der Waals surface area (Å²) in [7, 11) is 0. The van der Waals surface area contributed by atoms with E-state index in [-0.39, 0.29) is 29.8 Å². The third-order valence-electron chi connectivity index (χ3n) is 5.59. The van der Waals surface area contributed by atoms with Gasteiger partial charge in [-0.3, -0.25) is 9.20 Å². The molecular weight excluding hydrogens is 472 g/mol. The predicted octanol–water partition coefficient (Wildman–Crippen LogP) is 2.68. The fourth-order valence-electron chi connectivity index (χ4n) is 3.85. The summed E-state index contributed by atoms with van der Waals surface area (Å²) < 4.78 is 18.2. The van der Waals surface area contributed by atoms with Gasteiger partial charge in [-0.25, -0.2) is 9.78 Å². The number of furan rings is 1. The molecule has 0 bridgehead atoms. The lowest BCUT2D eigenvalue weighted by atomic mass is 10.3. The minimum Gasteiger partial charge on any atom is -0.459 e. The highest BCUT2D eigenvalue weighted by Gasteiger charge is 2.28. The van der Waals surface area contributed by atoms with Crippen molar-refractivity contribution < 1.29 is 23.2 Å². The maximum absolute atomic E-state index is 12.7. The molecule has 5 heterocycles. The fraction of sp³-hybridized carbons (Fsp3) is 0.261. The first-order valence-electron chi connectivity index (χ1n) is 10.7. The minimum atomic E-state index is -0.647. The highest BCUT2D eigenvalue weighted by Crippen LogP contribution is 2.29. The number of hydrogen-bond acceptors (Lipinski definition) is 10. The number of ether oxygens (including phenoxy) is 1. The predicted molar refractivity (Wildman–Crippen MR) is 125 cm³/mol. The van der Waals surface area contributed by atoms with Gasteiger partial charge in [0, 0.05) is 32.4 Å². The van der Waals surface area contributed by atoms with E-state index in [9.17, 15) is 14.9 Å². The highest BCUT2D eigenvalue weighted by molar-refractivity contribution is 7.98. The molecule has 0 saturated carbocycles. The molecule has 0 aromatic carbocycles. The molecule has 0 radical (unpaired) electrons. The van der Waals surface area contributed by atoms with E-state index in [1.165, 1.54) is 18.0 Å². The normalized spacial score (nSPS) is 13.7. The number of anilines is 1. The number of fused-ring (bicyclic) bond motifs is 1. The van der Waals surface area contributed by atoms with Crippen LogP contribution in [0.5, 0.6) is 0 Å². The monoisotopic (exact) mass is 492 g/mol. The van der Waals surface area contributed by atoms with Gasteiger partial charge in [0.15, 0.2) is 23.2 Å². The second-order valence-corrected chi connectivity index (χ2v) is 8.38. The number of oxazole rings is 1. The summed E-state index contributed by atoms with van der Waals surface area (Å²) in [5.41, 5.74) is 0.952. The first-order valence-corrected chi connectivity index (χ1v) is 12.0. The highest BCUT2D eigenvalue weighted by atomic mass is 32.2. The van der Waals surface area contributed by atoms with Gasteiger partial charge in [0.05, 0.1) is 11.8 Å². The maximum atomic E-state index is 12.7. The molecule has 35 heavy (non-hydrogen) atoms. The summed E-state index contributed by atoms with van der Waals surface area (Å²) in [6.45, 7) is 1.24. The van der Waals surface area contributed by atoms with Crippen molar-refractivity contribution in [2.75, 3.05) is 43.9 Å². The first kappa shape index (κ1) is 22.5. The van der Waals surface area contributed by atoms with E-state index in [2.05, 4.69) is 9.97 Å². The number of amides is 1. The largest absolute Gasteiger partial charge is 0.459 e. The third-order valence-corrected chi connectivity index (χ3v) is 6.24. The van der Waals surface area contributed by atoms with Gasteiger partial charge in [-0.1, -0.05) is 17.8 Å². The van der Waals surface area contributed by atoms with Crippen LogP contribution in [0.2, 0.25) is 0 Å². The molecule has 178 valence electrons. The summed E-state index contributed by atoms with van der Waals surface area (Å²) in [5.74, 6) is 0.0448. The molecule has 0 spiro atoms. The first-order chi connectivity index (χ1) is 17.1. The van der Waals surface area contributed by atoms with Gasteiger partial charge in [0.1, 0.15) is 6.07 Å². The Kier molecular flexibility index (Phi) is 6.15. The molecule has 0 unspecified atom stereocenters. The summed E-state index contributed by atoms with van der Waals surface area (Å²) in [5, 5.41) is 10.1. The van der Waals surface area contributed by atoms with Crippen LogP contribution in [-0.4, -0.2) is 70.2 Å². The second-order valence-electron chi connectivity index (χ2n) is 7.61. The van der Waals surface area contributed by atoms with E-state index in [0.717, 1.165) is 0 Å². The van der Waals surface area contributed by atoms with Crippen LogP contribution in [-0.2, 0) is 9.53 Å². The van der Waals surface area contributed by atoms with Crippen LogP contribution >= 0.6 is 11.8 Å². The van der Waals surface area contributed by atoms with Gasteiger partial charge in [-0.2, -0.15) is 10.2 Å². The average molecular weight is 493 g/mol.